The Kier molecular flexibility index (Phi) is 71.8. The van der Waals surface area contributed by atoms with Gasteiger partial charge in [0.15, 0.2) is 6.10 Å². The molecule has 0 fully saturated rings. The average Bonchev–Trinajstić information content (AvgIpc) is 3.46. The van der Waals surface area contributed by atoms with Gasteiger partial charge < -0.3 is 28.5 Å². The maximum absolute atomic E-state index is 13.0. The third-order valence-corrected chi connectivity index (χ3v) is 18.7. The number of esters is 2. The van der Waals surface area contributed by atoms with Gasteiger partial charge in [-0.2, -0.15) is 0 Å². The monoisotopic (exact) mass is 1290 g/mol. The van der Waals surface area contributed by atoms with Crippen molar-refractivity contribution in [3.8, 4) is 0 Å². The number of likely N-dealkylation sites (N-methyl/N-ethyl adjacent to an activating group) is 1. The minimum atomic E-state index is -1.51. The molecular weight excluding hydrogens is 1130 g/mol. The summed E-state index contributed by atoms with van der Waals surface area (Å²) in [6.07, 6.45) is 90.6. The lowest BCUT2D eigenvalue weighted by Gasteiger charge is -2.25. The zero-order valence-corrected chi connectivity index (χ0v) is 61.8. The summed E-state index contributed by atoms with van der Waals surface area (Å²) in [5.74, 6) is -1.97. The van der Waals surface area contributed by atoms with Gasteiger partial charge in [0.05, 0.1) is 34.4 Å². The molecule has 0 amide bonds. The van der Waals surface area contributed by atoms with E-state index in [0.717, 1.165) is 44.9 Å². The highest BCUT2D eigenvalue weighted by molar-refractivity contribution is 5.71. The molecule has 0 rings (SSSR count). The molecule has 1 N–H and O–H groups in total. The number of aliphatic carboxylic acids is 1. The first-order valence-corrected chi connectivity index (χ1v) is 40.5. The summed E-state index contributed by atoms with van der Waals surface area (Å²) in [7, 11) is 6.00. The van der Waals surface area contributed by atoms with Crippen LogP contribution in [0.5, 0.6) is 0 Å². The van der Waals surface area contributed by atoms with E-state index in [9.17, 15) is 19.5 Å². The third kappa shape index (κ3) is 75.0. The predicted molar refractivity (Wildman–Crippen MR) is 392 cm³/mol. The molecular formula is C82H158NO8+. The van der Waals surface area contributed by atoms with E-state index in [1.54, 1.807) is 0 Å². The summed E-state index contributed by atoms with van der Waals surface area (Å²) in [6.45, 7) is 4.96. The molecule has 0 saturated carbocycles. The summed E-state index contributed by atoms with van der Waals surface area (Å²) in [4.78, 5) is 37.7. The number of carboxylic acids is 1. The van der Waals surface area contributed by atoms with Crippen LogP contribution in [-0.2, 0) is 33.3 Å². The number of allylic oxidation sites excluding steroid dienone is 4. The lowest BCUT2D eigenvalue weighted by atomic mass is 10.0. The first-order valence-electron chi connectivity index (χ1n) is 40.5. The number of unbranched alkanes of at least 4 members (excludes halogenated alkanes) is 58. The second-order valence-corrected chi connectivity index (χ2v) is 29.1. The van der Waals surface area contributed by atoms with E-state index >= 15 is 0 Å². The molecule has 0 aliphatic carbocycles. The molecule has 2 atom stereocenters. The van der Waals surface area contributed by atoms with E-state index in [-0.39, 0.29) is 38.2 Å². The Morgan fingerprint density at radius 3 is 0.868 bits per heavy atom. The summed E-state index contributed by atoms with van der Waals surface area (Å²) < 4.78 is 23.1. The smallest absolute Gasteiger partial charge is 0.361 e. The molecule has 0 aromatic heterocycles. The summed E-state index contributed by atoms with van der Waals surface area (Å²) in [6, 6.07) is 0. The average molecular weight is 1290 g/mol. The first-order chi connectivity index (χ1) is 44.6. The highest BCUT2D eigenvalue weighted by Gasteiger charge is 2.25. The maximum atomic E-state index is 13.0. The van der Waals surface area contributed by atoms with Crippen LogP contribution in [-0.4, -0.2) is 87.4 Å². The second kappa shape index (κ2) is 73.6. The molecule has 0 bridgehead atoms. The van der Waals surface area contributed by atoms with Crippen molar-refractivity contribution in [2.24, 2.45) is 0 Å². The number of nitrogens with zero attached hydrogens (tertiary/aromatic N) is 1. The second-order valence-electron chi connectivity index (χ2n) is 29.1. The van der Waals surface area contributed by atoms with Crippen molar-refractivity contribution in [2.75, 3.05) is 47.5 Å². The normalized spacial score (nSPS) is 12.7. The molecule has 0 aromatic carbocycles. The van der Waals surface area contributed by atoms with Crippen LogP contribution in [0.1, 0.15) is 425 Å². The molecule has 2 unspecified atom stereocenters. The number of ether oxygens (including phenoxy) is 4. The fraction of sp³-hybridized carbons (Fsp3) is 0.915. The molecule has 0 spiro atoms. The lowest BCUT2D eigenvalue weighted by molar-refractivity contribution is -0.870. The number of carboxylic acid groups (broad SMARTS) is 1. The highest BCUT2D eigenvalue weighted by atomic mass is 16.7. The largest absolute Gasteiger partial charge is 0.477 e. The van der Waals surface area contributed by atoms with Crippen LogP contribution in [0.3, 0.4) is 0 Å². The molecule has 0 aliphatic rings. The molecule has 0 aromatic rings. The standard InChI is InChI=1S/C82H157NO8/c1-6-8-10-12-14-16-18-20-22-24-26-28-30-32-34-36-38-39-40-41-43-45-47-49-51-53-55-57-59-61-63-65-67-69-71-73-80(85)91-78(77-90-82(81(86)87)88-75-74-83(3,4)5)76-89-79(84)72-70-68-66-64-62-60-58-56-54-52-50-48-46-44-42-37-35-33-31-29-27-25-23-21-19-17-15-13-11-9-7-2/h18,20,24,26,78,82H,6-17,19,21-23,25,27-77H2,1-5H3/p+1/b20-18-,26-24-. The van der Waals surface area contributed by atoms with Gasteiger partial charge in [0, 0.05) is 12.8 Å². The van der Waals surface area contributed by atoms with Crippen molar-refractivity contribution in [3.63, 3.8) is 0 Å². The molecule has 0 saturated heterocycles. The minimum Gasteiger partial charge on any atom is -0.477 e. The highest BCUT2D eigenvalue weighted by Crippen LogP contribution is 2.20. The van der Waals surface area contributed by atoms with E-state index < -0.39 is 18.4 Å². The fourth-order valence-electron chi connectivity index (χ4n) is 12.5. The number of carbonyl (C=O) groups excluding carboxylic acids is 2. The molecule has 0 heterocycles. The Bertz CT molecular complexity index is 1540. The molecule has 9 heteroatoms. The van der Waals surface area contributed by atoms with Gasteiger partial charge in [0.25, 0.3) is 6.29 Å². The third-order valence-electron chi connectivity index (χ3n) is 18.7. The number of rotatable bonds is 77. The zero-order valence-electron chi connectivity index (χ0n) is 61.8. The number of quaternary nitrogens is 1. The van der Waals surface area contributed by atoms with Crippen LogP contribution < -0.4 is 0 Å². The van der Waals surface area contributed by atoms with Crippen LogP contribution in [0.2, 0.25) is 0 Å². The van der Waals surface area contributed by atoms with Crippen LogP contribution in [0.4, 0.5) is 0 Å². The Morgan fingerprint density at radius 2 is 0.593 bits per heavy atom. The Morgan fingerprint density at radius 1 is 0.330 bits per heavy atom. The predicted octanol–water partition coefficient (Wildman–Crippen LogP) is 25.7. The fourth-order valence-corrected chi connectivity index (χ4v) is 12.5. The van der Waals surface area contributed by atoms with E-state index in [1.807, 2.05) is 21.1 Å². The van der Waals surface area contributed by atoms with E-state index in [0.29, 0.717) is 17.4 Å². The topological polar surface area (TPSA) is 108 Å². The van der Waals surface area contributed by atoms with Crippen molar-refractivity contribution in [2.45, 2.75) is 437 Å². The van der Waals surface area contributed by atoms with E-state index in [4.69, 9.17) is 18.9 Å². The SMILES string of the molecule is CCCCCCC/C=C\C/C=C\CCCCCCCCCCCCCCCCCCCCCCCCCC(=O)OC(COC(=O)CCCCCCCCCCCCCCCCCCCCCCCCCCCCCCCCC)COC(OCC[N+](C)(C)C)C(=O)O. The Hall–Kier alpha value is -2.23. The van der Waals surface area contributed by atoms with Crippen molar-refractivity contribution in [1.29, 1.82) is 0 Å². The van der Waals surface area contributed by atoms with Gasteiger partial charge >= 0.3 is 17.9 Å². The summed E-state index contributed by atoms with van der Waals surface area (Å²) in [5.41, 5.74) is 0. The number of hydrogen-bond donors (Lipinski definition) is 1. The minimum absolute atomic E-state index is 0.173. The van der Waals surface area contributed by atoms with Gasteiger partial charge in [-0.05, 0) is 44.9 Å². The zero-order chi connectivity index (χ0) is 66.1. The molecule has 9 nitrogen and oxygen atoms in total. The molecule has 0 radical (unpaired) electrons. The molecule has 91 heavy (non-hydrogen) atoms. The van der Waals surface area contributed by atoms with Gasteiger partial charge in [0.2, 0.25) is 0 Å². The van der Waals surface area contributed by atoms with Crippen LogP contribution >= 0.6 is 0 Å². The number of hydrogen-bond acceptors (Lipinski definition) is 7. The number of carbonyl (C=O) groups is 3. The van der Waals surface area contributed by atoms with Crippen molar-refractivity contribution in [1.82, 2.24) is 0 Å². The molecule has 538 valence electrons. The van der Waals surface area contributed by atoms with Gasteiger partial charge in [-0.25, -0.2) is 4.79 Å². The van der Waals surface area contributed by atoms with Crippen molar-refractivity contribution >= 4 is 17.9 Å². The van der Waals surface area contributed by atoms with E-state index in [2.05, 4.69) is 38.2 Å². The van der Waals surface area contributed by atoms with Gasteiger partial charge in [-0.1, -0.05) is 391 Å². The summed E-state index contributed by atoms with van der Waals surface area (Å²) >= 11 is 0. The maximum Gasteiger partial charge on any atom is 0.361 e. The van der Waals surface area contributed by atoms with Gasteiger partial charge in [-0.3, -0.25) is 9.59 Å². The van der Waals surface area contributed by atoms with E-state index in [1.165, 1.54) is 353 Å². The van der Waals surface area contributed by atoms with Crippen LogP contribution in [0.15, 0.2) is 24.3 Å². The molecule has 0 aliphatic heterocycles. The van der Waals surface area contributed by atoms with Crippen molar-refractivity contribution < 1.29 is 42.9 Å². The first kappa shape index (κ1) is 88.8. The van der Waals surface area contributed by atoms with Crippen LogP contribution in [0.25, 0.3) is 0 Å². The summed E-state index contributed by atoms with van der Waals surface area (Å²) in [5, 5.41) is 9.77. The Labute approximate surface area is 567 Å². The lowest BCUT2D eigenvalue weighted by Crippen LogP contribution is -2.40. The van der Waals surface area contributed by atoms with Crippen molar-refractivity contribution in [3.05, 3.63) is 24.3 Å². The van der Waals surface area contributed by atoms with Crippen LogP contribution in [0, 0.1) is 0 Å². The quantitative estimate of drug-likeness (QED) is 0.0211. The van der Waals surface area contributed by atoms with Gasteiger partial charge in [0.1, 0.15) is 13.2 Å². The van der Waals surface area contributed by atoms with Gasteiger partial charge in [-0.15, -0.1) is 0 Å². The Balaban J connectivity index is 3.96.